The summed E-state index contributed by atoms with van der Waals surface area (Å²) < 4.78 is 39.8. The van der Waals surface area contributed by atoms with E-state index in [0.717, 1.165) is 17.7 Å². The van der Waals surface area contributed by atoms with Crippen molar-refractivity contribution in [3.8, 4) is 17.5 Å². The Kier molecular flexibility index (Phi) is 4.09. The maximum atomic E-state index is 12.7. The highest BCUT2D eigenvalue weighted by atomic mass is 19.4. The average molecular weight is 327 g/mol. The third-order valence-electron chi connectivity index (χ3n) is 3.59. The third-order valence-corrected chi connectivity index (χ3v) is 3.59. The lowest BCUT2D eigenvalue weighted by molar-refractivity contribution is -0.137. The van der Waals surface area contributed by atoms with E-state index in [1.807, 2.05) is 10.6 Å². The van der Waals surface area contributed by atoms with E-state index in [-0.39, 0.29) is 0 Å². The van der Waals surface area contributed by atoms with Gasteiger partial charge in [-0.2, -0.15) is 18.4 Å². The maximum Gasteiger partial charge on any atom is 0.416 e. The quantitative estimate of drug-likeness (QED) is 0.711. The van der Waals surface area contributed by atoms with Crippen LogP contribution in [0.25, 0.3) is 11.4 Å². The van der Waals surface area contributed by atoms with Crippen LogP contribution in [0.4, 0.5) is 13.2 Å². The van der Waals surface area contributed by atoms with Crippen molar-refractivity contribution in [1.82, 2.24) is 9.55 Å². The van der Waals surface area contributed by atoms with Crippen LogP contribution >= 0.6 is 0 Å². The lowest BCUT2D eigenvalue weighted by atomic mass is 10.1. The van der Waals surface area contributed by atoms with Crippen molar-refractivity contribution in [1.29, 1.82) is 5.26 Å². The fourth-order valence-corrected chi connectivity index (χ4v) is 2.44. The van der Waals surface area contributed by atoms with Crippen molar-refractivity contribution in [3.63, 3.8) is 0 Å². The first-order valence-electron chi connectivity index (χ1n) is 7.15. The van der Waals surface area contributed by atoms with Gasteiger partial charge < -0.3 is 4.57 Å². The summed E-state index contributed by atoms with van der Waals surface area (Å²) in [4.78, 5) is 4.23. The molecule has 3 nitrogen and oxygen atoms in total. The first-order valence-corrected chi connectivity index (χ1v) is 7.15. The third kappa shape index (κ3) is 3.30. The fraction of sp³-hybridized carbons (Fsp3) is 0.111. The molecule has 0 bridgehead atoms. The van der Waals surface area contributed by atoms with E-state index in [1.165, 1.54) is 12.1 Å². The van der Waals surface area contributed by atoms with Gasteiger partial charge in [0, 0.05) is 24.5 Å². The summed E-state index contributed by atoms with van der Waals surface area (Å²) in [6, 6.07) is 14.2. The minimum absolute atomic E-state index is 0.478. The number of nitriles is 1. The molecule has 0 saturated heterocycles. The first-order chi connectivity index (χ1) is 11.5. The Morgan fingerprint density at radius 1 is 1.08 bits per heavy atom. The lowest BCUT2D eigenvalue weighted by Gasteiger charge is -2.10. The standard InChI is InChI=1S/C18H12F3N3/c19-18(20,21)16-6-4-15(5-7-16)17-23-8-9-24(17)12-14-3-1-2-13(10-14)11-22/h1-10H,12H2. The van der Waals surface area contributed by atoms with Gasteiger partial charge in [0.1, 0.15) is 5.82 Å². The molecule has 0 fully saturated rings. The van der Waals surface area contributed by atoms with Crippen LogP contribution in [0.15, 0.2) is 60.9 Å². The summed E-state index contributed by atoms with van der Waals surface area (Å²) in [6.45, 7) is 0.478. The Morgan fingerprint density at radius 3 is 2.50 bits per heavy atom. The van der Waals surface area contributed by atoms with Gasteiger partial charge >= 0.3 is 6.18 Å². The van der Waals surface area contributed by atoms with Crippen LogP contribution in [0.2, 0.25) is 0 Å². The smallest absolute Gasteiger partial charge is 0.327 e. The molecule has 1 aromatic heterocycles. The topological polar surface area (TPSA) is 41.6 Å². The molecule has 3 aromatic rings. The van der Waals surface area contributed by atoms with Crippen LogP contribution in [0, 0.1) is 11.3 Å². The zero-order valence-electron chi connectivity index (χ0n) is 12.5. The van der Waals surface area contributed by atoms with Gasteiger partial charge in [-0.05, 0) is 29.8 Å². The molecule has 3 rings (SSSR count). The van der Waals surface area contributed by atoms with Crippen LogP contribution in [0.3, 0.4) is 0 Å². The number of rotatable bonds is 3. The predicted molar refractivity (Wildman–Crippen MR) is 82.9 cm³/mol. The lowest BCUT2D eigenvalue weighted by Crippen LogP contribution is -2.05. The Bertz CT molecular complexity index is 887. The van der Waals surface area contributed by atoms with E-state index >= 15 is 0 Å². The average Bonchev–Trinajstić information content (AvgIpc) is 3.02. The molecule has 0 aliphatic rings. The molecule has 0 atom stereocenters. The van der Waals surface area contributed by atoms with Gasteiger partial charge in [-0.25, -0.2) is 4.98 Å². The number of halogens is 3. The maximum absolute atomic E-state index is 12.7. The van der Waals surface area contributed by atoms with Gasteiger partial charge in [0.05, 0.1) is 17.2 Å². The first kappa shape index (κ1) is 15.8. The van der Waals surface area contributed by atoms with E-state index < -0.39 is 11.7 Å². The summed E-state index contributed by atoms with van der Waals surface area (Å²) >= 11 is 0. The molecule has 0 aliphatic heterocycles. The molecule has 0 saturated carbocycles. The molecule has 6 heteroatoms. The van der Waals surface area contributed by atoms with Crippen molar-refractivity contribution >= 4 is 0 Å². The van der Waals surface area contributed by atoms with Gasteiger partial charge in [0.15, 0.2) is 0 Å². The molecule has 2 aromatic carbocycles. The number of aromatic nitrogens is 2. The van der Waals surface area contributed by atoms with Crippen LogP contribution in [-0.4, -0.2) is 9.55 Å². The molecule has 0 amide bonds. The molecule has 24 heavy (non-hydrogen) atoms. The highest BCUT2D eigenvalue weighted by Gasteiger charge is 2.30. The summed E-state index contributed by atoms with van der Waals surface area (Å²) in [5.74, 6) is 0.575. The number of benzene rings is 2. The van der Waals surface area contributed by atoms with Crippen molar-refractivity contribution in [2.24, 2.45) is 0 Å². The molecule has 120 valence electrons. The van der Waals surface area contributed by atoms with E-state index in [9.17, 15) is 13.2 Å². The number of nitrogens with zero attached hydrogens (tertiary/aromatic N) is 3. The van der Waals surface area contributed by atoms with Crippen molar-refractivity contribution in [2.75, 3.05) is 0 Å². The molecular weight excluding hydrogens is 315 g/mol. The van der Waals surface area contributed by atoms with Gasteiger partial charge in [0.2, 0.25) is 0 Å². The largest absolute Gasteiger partial charge is 0.416 e. The number of alkyl halides is 3. The summed E-state index contributed by atoms with van der Waals surface area (Å²) in [6.07, 6.45) is -1.00. The normalized spacial score (nSPS) is 11.2. The van der Waals surface area contributed by atoms with Crippen LogP contribution in [-0.2, 0) is 12.7 Å². The van der Waals surface area contributed by atoms with Crippen molar-refractivity contribution in [3.05, 3.63) is 77.6 Å². The predicted octanol–water partition coefficient (Wildman–Crippen LogP) is 4.49. The molecular formula is C18H12F3N3. The Morgan fingerprint density at radius 2 is 1.83 bits per heavy atom. The van der Waals surface area contributed by atoms with Crippen LogP contribution < -0.4 is 0 Å². The van der Waals surface area contributed by atoms with Gasteiger partial charge in [-0.1, -0.05) is 24.3 Å². The van der Waals surface area contributed by atoms with E-state index in [0.29, 0.717) is 23.5 Å². The number of hydrogen-bond acceptors (Lipinski definition) is 2. The fourth-order valence-electron chi connectivity index (χ4n) is 2.44. The van der Waals surface area contributed by atoms with E-state index in [4.69, 9.17) is 5.26 Å². The van der Waals surface area contributed by atoms with Gasteiger partial charge in [-0.3, -0.25) is 0 Å². The molecule has 1 heterocycles. The second kappa shape index (κ2) is 6.20. The summed E-state index contributed by atoms with van der Waals surface area (Å²) in [7, 11) is 0. The highest BCUT2D eigenvalue weighted by Crippen LogP contribution is 2.30. The minimum Gasteiger partial charge on any atom is -0.327 e. The minimum atomic E-state index is -4.36. The molecule has 0 N–H and O–H groups in total. The van der Waals surface area contributed by atoms with Gasteiger partial charge in [-0.15, -0.1) is 0 Å². The number of imidazole rings is 1. The Labute approximate surface area is 136 Å². The number of hydrogen-bond donors (Lipinski definition) is 0. The monoisotopic (exact) mass is 327 g/mol. The Balaban J connectivity index is 1.89. The van der Waals surface area contributed by atoms with Crippen LogP contribution in [0.5, 0.6) is 0 Å². The zero-order chi connectivity index (χ0) is 17.2. The van der Waals surface area contributed by atoms with E-state index in [2.05, 4.69) is 11.1 Å². The van der Waals surface area contributed by atoms with Crippen molar-refractivity contribution in [2.45, 2.75) is 12.7 Å². The summed E-state index contributed by atoms with van der Waals surface area (Å²) in [5.41, 5.74) is 1.39. The van der Waals surface area contributed by atoms with Gasteiger partial charge in [0.25, 0.3) is 0 Å². The molecule has 0 unspecified atom stereocenters. The molecule has 0 aliphatic carbocycles. The Hall–Kier alpha value is -3.07. The SMILES string of the molecule is N#Cc1cccc(Cn2ccnc2-c2ccc(C(F)(F)F)cc2)c1. The summed E-state index contributed by atoms with van der Waals surface area (Å²) in [5, 5.41) is 8.95. The van der Waals surface area contributed by atoms with Crippen LogP contribution in [0.1, 0.15) is 16.7 Å². The zero-order valence-corrected chi connectivity index (χ0v) is 12.5. The molecule has 0 radical (unpaired) electrons. The van der Waals surface area contributed by atoms with E-state index in [1.54, 1.807) is 30.6 Å². The molecule has 0 spiro atoms. The second-order valence-electron chi connectivity index (χ2n) is 5.27. The second-order valence-corrected chi connectivity index (χ2v) is 5.27. The van der Waals surface area contributed by atoms with Crippen molar-refractivity contribution < 1.29 is 13.2 Å². The highest BCUT2D eigenvalue weighted by molar-refractivity contribution is 5.56.